The van der Waals surface area contributed by atoms with Gasteiger partial charge in [0.15, 0.2) is 23.0 Å². The molecular weight excluding hydrogens is 360 g/mol. The Labute approximate surface area is 162 Å². The van der Waals surface area contributed by atoms with Crippen molar-refractivity contribution < 1.29 is 30.6 Å². The maximum Gasteiger partial charge on any atom is 0.161 e. The maximum absolute atomic E-state index is 10.6. The molecule has 0 amide bonds. The zero-order chi connectivity index (χ0) is 19.8. The van der Waals surface area contributed by atoms with Crippen LogP contribution in [0.15, 0.2) is 24.3 Å². The van der Waals surface area contributed by atoms with Crippen LogP contribution in [0.4, 0.5) is 0 Å². The summed E-state index contributed by atoms with van der Waals surface area (Å²) in [5.41, 5.74) is 0.232. The van der Waals surface area contributed by atoms with E-state index in [2.05, 4.69) is 0 Å². The minimum absolute atomic E-state index is 0.0899. The fraction of sp³-hybridized carbons (Fsp3) is 0.455. The molecule has 6 N–H and O–H groups in total. The van der Waals surface area contributed by atoms with Gasteiger partial charge in [-0.2, -0.15) is 0 Å². The average Bonchev–Trinajstić information content (AvgIpc) is 2.60. The van der Waals surface area contributed by atoms with Gasteiger partial charge in [0.1, 0.15) is 11.5 Å². The summed E-state index contributed by atoms with van der Waals surface area (Å²) >= 11 is 0. The molecule has 4 aliphatic carbocycles. The molecule has 2 aromatic carbocycles. The number of phenols is 6. The zero-order valence-electron chi connectivity index (χ0n) is 15.4. The topological polar surface area (TPSA) is 121 Å². The fourth-order valence-electron chi connectivity index (χ4n) is 6.91. The molecule has 6 rings (SSSR count). The number of phenolic OH excluding ortho intramolecular Hbond substituents is 6. The third-order valence-corrected chi connectivity index (χ3v) is 7.35. The molecule has 0 aromatic heterocycles. The second kappa shape index (κ2) is 5.40. The van der Waals surface area contributed by atoms with Crippen LogP contribution in [-0.4, -0.2) is 30.6 Å². The minimum Gasteiger partial charge on any atom is -0.508 e. The Balaban J connectivity index is 1.69. The maximum atomic E-state index is 10.6. The van der Waals surface area contributed by atoms with Gasteiger partial charge >= 0.3 is 0 Å². The first-order valence-electron chi connectivity index (χ1n) is 9.72. The number of hydrogen-bond acceptors (Lipinski definition) is 6. The average molecular weight is 384 g/mol. The highest BCUT2D eigenvalue weighted by Crippen LogP contribution is 2.68. The van der Waals surface area contributed by atoms with Crippen molar-refractivity contribution in [3.8, 4) is 34.5 Å². The van der Waals surface area contributed by atoms with Crippen LogP contribution in [0.1, 0.15) is 49.7 Å². The molecule has 0 saturated heterocycles. The van der Waals surface area contributed by atoms with E-state index in [4.69, 9.17) is 0 Å². The molecular formula is C22H24O6. The first-order valence-corrected chi connectivity index (χ1v) is 9.72. The van der Waals surface area contributed by atoms with Gasteiger partial charge in [0.25, 0.3) is 0 Å². The van der Waals surface area contributed by atoms with E-state index < -0.39 is 10.8 Å². The van der Waals surface area contributed by atoms with Crippen molar-refractivity contribution in [1.82, 2.24) is 0 Å². The molecule has 0 radical (unpaired) electrons. The summed E-state index contributed by atoms with van der Waals surface area (Å²) in [4.78, 5) is 0. The molecule has 4 saturated carbocycles. The molecule has 0 aliphatic heterocycles. The van der Waals surface area contributed by atoms with Crippen molar-refractivity contribution in [1.29, 1.82) is 0 Å². The van der Waals surface area contributed by atoms with E-state index in [1.165, 1.54) is 12.1 Å². The van der Waals surface area contributed by atoms with Crippen molar-refractivity contribution in [2.75, 3.05) is 0 Å². The summed E-state index contributed by atoms with van der Waals surface area (Å²) < 4.78 is 0. The van der Waals surface area contributed by atoms with Crippen molar-refractivity contribution in [3.63, 3.8) is 0 Å². The lowest BCUT2D eigenvalue weighted by molar-refractivity contribution is -0.0301. The molecule has 28 heavy (non-hydrogen) atoms. The lowest BCUT2D eigenvalue weighted by atomic mass is 9.41. The SMILES string of the molecule is Oc1cc(O)c(O)c(C23CC4CC(C2)CC(c2cc(O)cc(O)c2O)(C4)C3)c1. The molecule has 2 aromatic rings. The van der Waals surface area contributed by atoms with E-state index in [0.29, 0.717) is 29.4 Å². The molecule has 4 aliphatic rings. The smallest absolute Gasteiger partial charge is 0.161 e. The van der Waals surface area contributed by atoms with Gasteiger partial charge in [0.05, 0.1) is 0 Å². The molecule has 4 fully saturated rings. The Morgan fingerprint density at radius 3 is 1.39 bits per heavy atom. The second-order valence-corrected chi connectivity index (χ2v) is 9.24. The Bertz CT molecular complexity index is 892. The monoisotopic (exact) mass is 384 g/mol. The number of hydrogen-bond donors (Lipinski definition) is 6. The van der Waals surface area contributed by atoms with Gasteiger partial charge in [0, 0.05) is 34.1 Å². The molecule has 0 heterocycles. The Kier molecular flexibility index (Phi) is 3.35. The zero-order valence-corrected chi connectivity index (χ0v) is 15.4. The molecule has 6 nitrogen and oxygen atoms in total. The lowest BCUT2D eigenvalue weighted by Crippen LogP contribution is -2.55. The summed E-state index contributed by atoms with van der Waals surface area (Å²) in [6.45, 7) is 0. The molecule has 0 unspecified atom stereocenters. The van der Waals surface area contributed by atoms with Crippen LogP contribution in [0.5, 0.6) is 34.5 Å². The quantitative estimate of drug-likeness (QED) is 0.347. The van der Waals surface area contributed by atoms with Crippen molar-refractivity contribution in [3.05, 3.63) is 35.4 Å². The Morgan fingerprint density at radius 2 is 1.00 bits per heavy atom. The van der Waals surface area contributed by atoms with E-state index >= 15 is 0 Å². The second-order valence-electron chi connectivity index (χ2n) is 9.24. The third kappa shape index (κ3) is 2.26. The van der Waals surface area contributed by atoms with E-state index in [0.717, 1.165) is 44.2 Å². The number of rotatable bonds is 2. The van der Waals surface area contributed by atoms with Crippen molar-refractivity contribution in [2.24, 2.45) is 11.8 Å². The van der Waals surface area contributed by atoms with E-state index in [9.17, 15) is 30.6 Å². The summed E-state index contributed by atoms with van der Waals surface area (Å²) in [5.74, 6) is -0.505. The summed E-state index contributed by atoms with van der Waals surface area (Å²) in [6.07, 6.45) is 5.04. The highest BCUT2D eigenvalue weighted by Gasteiger charge is 2.60. The van der Waals surface area contributed by atoms with Crippen LogP contribution in [-0.2, 0) is 10.8 Å². The Hall–Kier alpha value is -2.76. The largest absolute Gasteiger partial charge is 0.508 e. The number of benzene rings is 2. The predicted octanol–water partition coefficient (Wildman–Crippen LogP) is 3.71. The lowest BCUT2D eigenvalue weighted by Gasteiger charge is -2.62. The van der Waals surface area contributed by atoms with Crippen molar-refractivity contribution >= 4 is 0 Å². The van der Waals surface area contributed by atoms with Crippen LogP contribution < -0.4 is 0 Å². The van der Waals surface area contributed by atoms with E-state index in [1.54, 1.807) is 0 Å². The normalized spacial score (nSPS) is 33.3. The van der Waals surface area contributed by atoms with E-state index in [-0.39, 0.29) is 34.5 Å². The highest BCUT2D eigenvalue weighted by atomic mass is 16.3. The molecule has 6 heteroatoms. The van der Waals surface area contributed by atoms with Gasteiger partial charge < -0.3 is 30.6 Å². The van der Waals surface area contributed by atoms with Gasteiger partial charge in [-0.1, -0.05) is 0 Å². The highest BCUT2D eigenvalue weighted by molar-refractivity contribution is 5.57. The van der Waals surface area contributed by atoms with E-state index in [1.807, 2.05) is 0 Å². The summed E-state index contributed by atoms with van der Waals surface area (Å²) in [5, 5.41) is 61.4. The first kappa shape index (κ1) is 17.3. The molecule has 0 spiro atoms. The third-order valence-electron chi connectivity index (χ3n) is 7.35. The standard InChI is InChI=1S/C22H24O6/c23-13-2-15(19(27)17(25)4-13)21-6-11-1-12(7-21)9-22(8-11,10-21)16-3-14(24)5-18(26)20(16)28/h2-5,11-12,23-28H,1,6-10H2. The van der Waals surface area contributed by atoms with Gasteiger partial charge in [-0.3, -0.25) is 0 Å². The van der Waals surface area contributed by atoms with Crippen LogP contribution >= 0.6 is 0 Å². The first-order chi connectivity index (χ1) is 13.2. The Morgan fingerprint density at radius 1 is 0.607 bits per heavy atom. The van der Waals surface area contributed by atoms with Gasteiger partial charge in [-0.05, 0) is 62.5 Å². The predicted molar refractivity (Wildman–Crippen MR) is 101 cm³/mol. The van der Waals surface area contributed by atoms with Gasteiger partial charge in [-0.25, -0.2) is 0 Å². The van der Waals surface area contributed by atoms with Crippen LogP contribution in [0, 0.1) is 11.8 Å². The molecule has 4 bridgehead atoms. The fourth-order valence-corrected chi connectivity index (χ4v) is 6.91. The summed E-state index contributed by atoms with van der Waals surface area (Å²) in [7, 11) is 0. The van der Waals surface area contributed by atoms with Crippen LogP contribution in [0.3, 0.4) is 0 Å². The molecule has 0 atom stereocenters. The van der Waals surface area contributed by atoms with Crippen LogP contribution in [0.2, 0.25) is 0 Å². The van der Waals surface area contributed by atoms with Gasteiger partial charge in [-0.15, -0.1) is 0 Å². The van der Waals surface area contributed by atoms with Crippen molar-refractivity contribution in [2.45, 2.75) is 49.4 Å². The molecule has 148 valence electrons. The van der Waals surface area contributed by atoms with Crippen LogP contribution in [0.25, 0.3) is 0 Å². The minimum atomic E-state index is -0.433. The number of aromatic hydroxyl groups is 6. The van der Waals surface area contributed by atoms with Gasteiger partial charge in [0.2, 0.25) is 0 Å². The summed E-state index contributed by atoms with van der Waals surface area (Å²) in [6, 6.07) is 5.34.